The van der Waals surface area contributed by atoms with E-state index in [9.17, 15) is 9.59 Å². The number of aromatic nitrogens is 1. The maximum absolute atomic E-state index is 14.3. The van der Waals surface area contributed by atoms with Crippen LogP contribution in [0.1, 0.15) is 43.7 Å². The molecule has 1 fully saturated rings. The van der Waals surface area contributed by atoms with Gasteiger partial charge in [0.25, 0.3) is 0 Å². The van der Waals surface area contributed by atoms with Crippen LogP contribution >= 0.6 is 11.6 Å². The van der Waals surface area contributed by atoms with Gasteiger partial charge in [0.05, 0.1) is 0 Å². The van der Waals surface area contributed by atoms with Crippen molar-refractivity contribution in [3.63, 3.8) is 0 Å². The van der Waals surface area contributed by atoms with Gasteiger partial charge in [-0.3, -0.25) is 9.59 Å². The molecule has 5 rings (SSSR count). The molecule has 6 nitrogen and oxygen atoms in total. The summed E-state index contributed by atoms with van der Waals surface area (Å²) in [5, 5.41) is 8.16. The third-order valence-corrected chi connectivity index (χ3v) is 7.99. The predicted molar refractivity (Wildman–Crippen MR) is 141 cm³/mol. The number of anilines is 1. The number of rotatable bonds is 7. The van der Waals surface area contributed by atoms with Gasteiger partial charge in [-0.25, -0.2) is 0 Å². The first-order valence-electron chi connectivity index (χ1n) is 12.4. The van der Waals surface area contributed by atoms with Gasteiger partial charge in [-0.05, 0) is 74.2 Å². The molecular weight excluding hydrogens is 460 g/mol. The van der Waals surface area contributed by atoms with Crippen LogP contribution in [0.15, 0.2) is 48.7 Å². The van der Waals surface area contributed by atoms with E-state index in [2.05, 4.69) is 21.7 Å². The fraction of sp³-hybridized carbons (Fsp3) is 0.429. The van der Waals surface area contributed by atoms with E-state index in [1.807, 2.05) is 68.4 Å². The number of para-hydroxylation sites is 1. The van der Waals surface area contributed by atoms with Crippen LogP contribution in [0.3, 0.4) is 0 Å². The summed E-state index contributed by atoms with van der Waals surface area (Å²) in [5.41, 5.74) is 3.62. The molecule has 35 heavy (non-hydrogen) atoms. The van der Waals surface area contributed by atoms with E-state index in [1.54, 1.807) is 0 Å². The third-order valence-electron chi connectivity index (χ3n) is 7.75. The molecule has 2 amide bonds. The standard InChI is InChI=1S/C28H33ClN4O2/c1-17(22-15-31-23-7-5-4-6-21(22)23)25(32-27(35)28(2)10-11-28)26(34)33-16-18(14-30-3)12-19-13-20(29)8-9-24(19)33/h4-9,13,15,17-18,25,30-31H,10-12,14,16H2,1-3H3,(H,32,35)/t17?,18-,25?/m1/s1. The molecule has 2 aliphatic rings. The van der Waals surface area contributed by atoms with Crippen molar-refractivity contribution in [1.29, 1.82) is 0 Å². The van der Waals surface area contributed by atoms with Gasteiger partial charge in [0.1, 0.15) is 6.04 Å². The Bertz CT molecular complexity index is 1260. The minimum atomic E-state index is -0.684. The number of aromatic amines is 1. The summed E-state index contributed by atoms with van der Waals surface area (Å²) in [5.74, 6) is -0.0756. The molecule has 3 N–H and O–H groups in total. The van der Waals surface area contributed by atoms with Crippen LogP contribution < -0.4 is 15.5 Å². The lowest BCUT2D eigenvalue weighted by Gasteiger charge is -2.38. The molecule has 7 heteroatoms. The number of nitrogens with one attached hydrogen (secondary N) is 3. The molecule has 1 aliphatic carbocycles. The van der Waals surface area contributed by atoms with E-state index in [1.165, 1.54) is 0 Å². The predicted octanol–water partition coefficient (Wildman–Crippen LogP) is 4.63. The summed E-state index contributed by atoms with van der Waals surface area (Å²) in [6.07, 6.45) is 4.54. The summed E-state index contributed by atoms with van der Waals surface area (Å²) in [6.45, 7) is 5.40. The van der Waals surface area contributed by atoms with Crippen molar-refractivity contribution >= 4 is 40.0 Å². The number of fused-ring (bicyclic) bond motifs is 2. The highest BCUT2D eigenvalue weighted by Crippen LogP contribution is 2.45. The minimum absolute atomic E-state index is 0.0392. The average molecular weight is 493 g/mol. The van der Waals surface area contributed by atoms with Crippen molar-refractivity contribution < 1.29 is 9.59 Å². The number of hydrogen-bond donors (Lipinski definition) is 3. The first-order chi connectivity index (χ1) is 16.8. The van der Waals surface area contributed by atoms with Gasteiger partial charge < -0.3 is 20.5 Å². The van der Waals surface area contributed by atoms with Crippen LogP contribution in [0.4, 0.5) is 5.69 Å². The lowest BCUT2D eigenvalue weighted by atomic mass is 9.88. The van der Waals surface area contributed by atoms with Crippen molar-refractivity contribution in [3.8, 4) is 0 Å². The van der Waals surface area contributed by atoms with Crippen LogP contribution in [0.25, 0.3) is 10.9 Å². The number of benzene rings is 2. The van der Waals surface area contributed by atoms with E-state index >= 15 is 0 Å². The van der Waals surface area contributed by atoms with Gasteiger partial charge in [0, 0.05) is 45.7 Å². The number of carbonyl (C=O) groups is 2. The molecular formula is C28H33ClN4O2. The maximum Gasteiger partial charge on any atom is 0.250 e. The molecule has 0 saturated heterocycles. The Morgan fingerprint density at radius 3 is 2.74 bits per heavy atom. The first-order valence-corrected chi connectivity index (χ1v) is 12.8. The van der Waals surface area contributed by atoms with E-state index < -0.39 is 6.04 Å². The van der Waals surface area contributed by atoms with E-state index in [0.717, 1.165) is 53.5 Å². The molecule has 1 aliphatic heterocycles. The zero-order chi connectivity index (χ0) is 24.7. The molecule has 3 atom stereocenters. The number of carbonyl (C=O) groups excluding carboxylic acids is 2. The number of amides is 2. The first kappa shape index (κ1) is 23.9. The zero-order valence-electron chi connectivity index (χ0n) is 20.5. The van der Waals surface area contributed by atoms with Crippen LogP contribution in [0.5, 0.6) is 0 Å². The van der Waals surface area contributed by atoms with Crippen LogP contribution in [0, 0.1) is 11.3 Å². The fourth-order valence-corrected chi connectivity index (χ4v) is 5.49. The highest BCUT2D eigenvalue weighted by atomic mass is 35.5. The molecule has 2 aromatic carbocycles. The maximum atomic E-state index is 14.3. The van der Waals surface area contributed by atoms with Gasteiger partial charge in [-0.15, -0.1) is 0 Å². The third kappa shape index (κ3) is 4.57. The normalized spacial score (nSPS) is 20.2. The van der Waals surface area contributed by atoms with Gasteiger partial charge in [-0.1, -0.05) is 43.6 Å². The molecule has 2 unspecified atom stereocenters. The summed E-state index contributed by atoms with van der Waals surface area (Å²) in [7, 11) is 1.93. The highest BCUT2D eigenvalue weighted by molar-refractivity contribution is 6.30. The van der Waals surface area contributed by atoms with Gasteiger partial charge in [0.2, 0.25) is 11.8 Å². The Labute approximate surface area is 211 Å². The molecule has 2 heterocycles. The van der Waals surface area contributed by atoms with E-state index in [4.69, 9.17) is 11.6 Å². The Balaban J connectivity index is 1.53. The molecule has 1 saturated carbocycles. The Morgan fingerprint density at radius 1 is 1.23 bits per heavy atom. The second-order valence-corrected chi connectivity index (χ2v) is 10.9. The van der Waals surface area contributed by atoms with Crippen molar-refractivity contribution in [2.75, 3.05) is 25.0 Å². The lowest BCUT2D eigenvalue weighted by Crippen LogP contribution is -2.55. The molecule has 184 valence electrons. The number of nitrogens with zero attached hydrogens (tertiary/aromatic N) is 1. The Morgan fingerprint density at radius 2 is 2.00 bits per heavy atom. The second kappa shape index (κ2) is 9.32. The van der Waals surface area contributed by atoms with Gasteiger partial charge in [0.15, 0.2) is 0 Å². The quantitative estimate of drug-likeness (QED) is 0.450. The largest absolute Gasteiger partial charge is 0.361 e. The monoisotopic (exact) mass is 492 g/mol. The molecule has 1 aromatic heterocycles. The zero-order valence-corrected chi connectivity index (χ0v) is 21.3. The topological polar surface area (TPSA) is 77.2 Å². The van der Waals surface area contributed by atoms with Gasteiger partial charge in [-0.2, -0.15) is 0 Å². The van der Waals surface area contributed by atoms with Gasteiger partial charge >= 0.3 is 0 Å². The lowest BCUT2D eigenvalue weighted by molar-refractivity contribution is -0.131. The molecule has 3 aromatic rings. The van der Waals surface area contributed by atoms with Crippen molar-refractivity contribution in [1.82, 2.24) is 15.6 Å². The van der Waals surface area contributed by atoms with Crippen LogP contribution in [-0.4, -0.2) is 43.0 Å². The average Bonchev–Trinajstić information content (AvgIpc) is 3.46. The number of hydrogen-bond acceptors (Lipinski definition) is 3. The van der Waals surface area contributed by atoms with Crippen molar-refractivity contribution in [3.05, 3.63) is 64.8 Å². The van der Waals surface area contributed by atoms with E-state index in [0.29, 0.717) is 11.6 Å². The summed E-state index contributed by atoms with van der Waals surface area (Å²) in [6, 6.07) is 13.1. The van der Waals surface area contributed by atoms with Crippen LogP contribution in [-0.2, 0) is 16.0 Å². The number of H-pyrrole nitrogens is 1. The van der Waals surface area contributed by atoms with Crippen LogP contribution in [0.2, 0.25) is 5.02 Å². The fourth-order valence-electron chi connectivity index (χ4n) is 5.30. The smallest absolute Gasteiger partial charge is 0.250 e. The highest BCUT2D eigenvalue weighted by Gasteiger charge is 2.47. The summed E-state index contributed by atoms with van der Waals surface area (Å²) >= 11 is 6.31. The minimum Gasteiger partial charge on any atom is -0.361 e. The molecule has 0 radical (unpaired) electrons. The Kier molecular flexibility index (Phi) is 6.36. The summed E-state index contributed by atoms with van der Waals surface area (Å²) < 4.78 is 0. The molecule has 0 bridgehead atoms. The second-order valence-electron chi connectivity index (χ2n) is 10.4. The number of halogens is 1. The summed E-state index contributed by atoms with van der Waals surface area (Å²) in [4.78, 5) is 32.7. The van der Waals surface area contributed by atoms with E-state index in [-0.39, 0.29) is 29.1 Å². The van der Waals surface area contributed by atoms with Crippen molar-refractivity contribution in [2.24, 2.45) is 11.3 Å². The van der Waals surface area contributed by atoms with Crippen molar-refractivity contribution in [2.45, 2.75) is 45.1 Å². The molecule has 0 spiro atoms. The Hall–Kier alpha value is -2.83. The SMILES string of the molecule is CNC[C@H]1Cc2cc(Cl)ccc2N(C(=O)C(NC(=O)C2(C)CC2)C(C)c2c[nH]c3ccccc23)C1.